The molecule has 0 spiro atoms. The van der Waals surface area contributed by atoms with Gasteiger partial charge in [0, 0.05) is 12.1 Å². The smallest absolute Gasteiger partial charge is 0.299 e. The molecule has 19 heavy (non-hydrogen) atoms. The molecule has 0 amide bonds. The van der Waals surface area contributed by atoms with E-state index < -0.39 is 16.0 Å². The summed E-state index contributed by atoms with van der Waals surface area (Å²) in [6, 6.07) is 3.49. The van der Waals surface area contributed by atoms with Gasteiger partial charge in [-0.2, -0.15) is 13.1 Å². The molecule has 106 valence electrons. The summed E-state index contributed by atoms with van der Waals surface area (Å²) >= 11 is 4.76. The van der Waals surface area contributed by atoms with Crippen LogP contribution in [0.3, 0.4) is 0 Å². The van der Waals surface area contributed by atoms with Gasteiger partial charge in [-0.3, -0.25) is 4.72 Å². The number of anilines is 1. The van der Waals surface area contributed by atoms with Crippen LogP contribution in [0, 0.1) is 11.7 Å². The van der Waals surface area contributed by atoms with Crippen LogP contribution in [0.25, 0.3) is 0 Å². The van der Waals surface area contributed by atoms with Crippen molar-refractivity contribution in [1.82, 2.24) is 4.72 Å². The third kappa shape index (κ3) is 5.09. The lowest BCUT2D eigenvalue weighted by atomic mass is 10.2. The van der Waals surface area contributed by atoms with Crippen LogP contribution in [0.4, 0.5) is 10.1 Å². The van der Waals surface area contributed by atoms with Crippen LogP contribution in [0.5, 0.6) is 0 Å². The van der Waals surface area contributed by atoms with E-state index in [-0.39, 0.29) is 22.2 Å². The van der Waals surface area contributed by atoms with Crippen LogP contribution >= 0.6 is 12.2 Å². The number of nitrogens with one attached hydrogen (secondary N) is 2. The summed E-state index contributed by atoms with van der Waals surface area (Å²) in [5.74, 6) is -0.374. The predicted molar refractivity (Wildman–Crippen MR) is 77.7 cm³/mol. The molecule has 1 aromatic rings. The van der Waals surface area contributed by atoms with Crippen molar-refractivity contribution in [3.8, 4) is 0 Å². The Labute approximate surface area is 117 Å². The van der Waals surface area contributed by atoms with E-state index in [1.165, 1.54) is 6.07 Å². The molecule has 0 bridgehead atoms. The van der Waals surface area contributed by atoms with Crippen LogP contribution < -0.4 is 15.2 Å². The Morgan fingerprint density at radius 3 is 2.63 bits per heavy atom. The second kappa shape index (κ2) is 6.27. The van der Waals surface area contributed by atoms with Gasteiger partial charge in [-0.15, -0.1) is 0 Å². The van der Waals surface area contributed by atoms with Gasteiger partial charge in [0.1, 0.15) is 10.8 Å². The van der Waals surface area contributed by atoms with E-state index in [0.717, 1.165) is 12.1 Å². The fourth-order valence-electron chi connectivity index (χ4n) is 1.27. The highest BCUT2D eigenvalue weighted by molar-refractivity contribution is 7.90. The average Bonchev–Trinajstić information content (AvgIpc) is 2.28. The molecule has 0 fully saturated rings. The fourth-order valence-corrected chi connectivity index (χ4v) is 2.53. The van der Waals surface area contributed by atoms with E-state index in [2.05, 4.69) is 9.44 Å². The third-order valence-electron chi connectivity index (χ3n) is 2.17. The Morgan fingerprint density at radius 2 is 2.11 bits per heavy atom. The molecule has 8 heteroatoms. The van der Waals surface area contributed by atoms with E-state index in [9.17, 15) is 12.8 Å². The summed E-state index contributed by atoms with van der Waals surface area (Å²) in [6.45, 7) is 4.04. The first-order valence-electron chi connectivity index (χ1n) is 5.58. The van der Waals surface area contributed by atoms with E-state index in [1.54, 1.807) is 0 Å². The summed E-state index contributed by atoms with van der Waals surface area (Å²) in [6.07, 6.45) is 0. The van der Waals surface area contributed by atoms with Gasteiger partial charge >= 0.3 is 0 Å². The first-order valence-corrected chi connectivity index (χ1v) is 7.47. The molecule has 4 N–H and O–H groups in total. The van der Waals surface area contributed by atoms with Gasteiger partial charge in [0.15, 0.2) is 0 Å². The fraction of sp³-hybridized carbons (Fsp3) is 0.364. The van der Waals surface area contributed by atoms with Crippen LogP contribution in [0.15, 0.2) is 18.2 Å². The van der Waals surface area contributed by atoms with Crippen LogP contribution in [-0.4, -0.2) is 20.0 Å². The van der Waals surface area contributed by atoms with Crippen LogP contribution in [0.1, 0.15) is 19.4 Å². The second-order valence-corrected chi connectivity index (χ2v) is 6.34. The van der Waals surface area contributed by atoms with Gasteiger partial charge < -0.3 is 5.73 Å². The summed E-state index contributed by atoms with van der Waals surface area (Å²) < 4.78 is 41.3. The highest BCUT2D eigenvalue weighted by Gasteiger charge is 2.14. The van der Waals surface area contributed by atoms with Crippen molar-refractivity contribution >= 4 is 33.1 Å². The van der Waals surface area contributed by atoms with E-state index in [4.69, 9.17) is 18.0 Å². The molecule has 1 rings (SSSR count). The Kier molecular flexibility index (Phi) is 5.21. The topological polar surface area (TPSA) is 84.2 Å². The number of thiocarbonyl (C=S) groups is 1. The van der Waals surface area contributed by atoms with Gasteiger partial charge in [0.25, 0.3) is 10.2 Å². The maximum Gasteiger partial charge on any atom is 0.299 e. The highest BCUT2D eigenvalue weighted by Crippen LogP contribution is 2.18. The third-order valence-corrected chi connectivity index (χ3v) is 3.43. The minimum Gasteiger partial charge on any atom is -0.389 e. The van der Waals surface area contributed by atoms with Gasteiger partial charge in [0.05, 0.1) is 5.69 Å². The zero-order chi connectivity index (χ0) is 14.6. The summed E-state index contributed by atoms with van der Waals surface area (Å²) in [7, 11) is -3.74. The minimum absolute atomic E-state index is 0.0824. The van der Waals surface area contributed by atoms with E-state index in [0.29, 0.717) is 6.54 Å². The van der Waals surface area contributed by atoms with Crippen molar-refractivity contribution in [2.45, 2.75) is 13.8 Å². The molecule has 0 heterocycles. The highest BCUT2D eigenvalue weighted by atomic mass is 32.2. The molecule has 0 aromatic heterocycles. The SMILES string of the molecule is CC(C)CNS(=O)(=O)Nc1ccc(F)cc1C(N)=S. The molecule has 0 aliphatic heterocycles. The molecule has 0 aliphatic rings. The second-order valence-electron chi connectivity index (χ2n) is 4.40. The first kappa shape index (κ1) is 15.8. The van der Waals surface area contributed by atoms with Crippen LogP contribution in [-0.2, 0) is 10.2 Å². The molecule has 0 radical (unpaired) electrons. The normalized spacial score (nSPS) is 11.6. The van der Waals surface area contributed by atoms with Gasteiger partial charge in [-0.1, -0.05) is 26.1 Å². The number of nitrogens with two attached hydrogens (primary N) is 1. The number of rotatable bonds is 6. The molecule has 0 aliphatic carbocycles. The molecule has 0 saturated heterocycles. The summed E-state index contributed by atoms with van der Waals surface area (Å²) in [5.41, 5.74) is 5.72. The molecule has 0 unspecified atom stereocenters. The van der Waals surface area contributed by atoms with Crippen molar-refractivity contribution in [1.29, 1.82) is 0 Å². The lowest BCUT2D eigenvalue weighted by Gasteiger charge is -2.13. The molecule has 1 aromatic carbocycles. The summed E-state index contributed by atoms with van der Waals surface area (Å²) in [5, 5.41) is 0. The Hall–Kier alpha value is -1.25. The first-order chi connectivity index (χ1) is 8.71. The number of halogens is 1. The van der Waals surface area contributed by atoms with Crippen molar-refractivity contribution in [3.05, 3.63) is 29.6 Å². The molecular formula is C11H16FN3O2S2. The van der Waals surface area contributed by atoms with Crippen molar-refractivity contribution < 1.29 is 12.8 Å². The van der Waals surface area contributed by atoms with Gasteiger partial charge in [0.2, 0.25) is 0 Å². The lowest BCUT2D eigenvalue weighted by Crippen LogP contribution is -2.33. The predicted octanol–water partition coefficient (Wildman–Crippen LogP) is 1.36. The lowest BCUT2D eigenvalue weighted by molar-refractivity contribution is 0.565. The largest absolute Gasteiger partial charge is 0.389 e. The van der Waals surface area contributed by atoms with Crippen molar-refractivity contribution in [2.75, 3.05) is 11.3 Å². The maximum absolute atomic E-state index is 13.1. The van der Waals surface area contributed by atoms with E-state index in [1.807, 2.05) is 13.8 Å². The average molecular weight is 305 g/mol. The Morgan fingerprint density at radius 1 is 1.47 bits per heavy atom. The molecule has 0 atom stereocenters. The minimum atomic E-state index is -3.74. The molecular weight excluding hydrogens is 289 g/mol. The van der Waals surface area contributed by atoms with Gasteiger partial charge in [-0.25, -0.2) is 4.39 Å². The van der Waals surface area contributed by atoms with Gasteiger partial charge in [-0.05, 0) is 24.1 Å². The zero-order valence-electron chi connectivity index (χ0n) is 10.6. The standard InChI is InChI=1S/C11H16FN3O2S2/c1-7(2)6-14-19(16,17)15-10-4-3-8(12)5-9(10)11(13)18/h3-5,7,14-15H,6H2,1-2H3,(H2,13,18). The van der Waals surface area contributed by atoms with Crippen molar-refractivity contribution in [2.24, 2.45) is 11.7 Å². The quantitative estimate of drug-likeness (QED) is 0.693. The Bertz CT molecular complexity index is 573. The monoisotopic (exact) mass is 305 g/mol. The maximum atomic E-state index is 13.1. The van der Waals surface area contributed by atoms with Crippen molar-refractivity contribution in [3.63, 3.8) is 0 Å². The Balaban J connectivity index is 2.96. The molecule has 5 nitrogen and oxygen atoms in total. The number of hydrogen-bond donors (Lipinski definition) is 3. The molecule has 0 saturated carbocycles. The number of hydrogen-bond acceptors (Lipinski definition) is 3. The van der Waals surface area contributed by atoms with Crippen LogP contribution in [0.2, 0.25) is 0 Å². The zero-order valence-corrected chi connectivity index (χ0v) is 12.2. The van der Waals surface area contributed by atoms with E-state index >= 15 is 0 Å². The summed E-state index contributed by atoms with van der Waals surface area (Å²) in [4.78, 5) is -0.0824. The number of benzene rings is 1.